The van der Waals surface area contributed by atoms with Crippen molar-refractivity contribution in [2.75, 3.05) is 7.11 Å². The van der Waals surface area contributed by atoms with Gasteiger partial charge in [-0.1, -0.05) is 27.3 Å². The molecule has 2 heterocycles. The fourth-order valence-electron chi connectivity index (χ4n) is 1.80. The molecular formula is C13H15N3O. The summed E-state index contributed by atoms with van der Waals surface area (Å²) < 4.78 is 7.06. The molecule has 0 aliphatic carbocycles. The zero-order valence-corrected chi connectivity index (χ0v) is 10.5. The maximum atomic E-state index is 7.12. The van der Waals surface area contributed by atoms with Gasteiger partial charge >= 0.3 is 0 Å². The fraction of sp³-hybridized carbons (Fsp3) is 0.385. The van der Waals surface area contributed by atoms with E-state index in [9.17, 15) is 0 Å². The predicted octanol–water partition coefficient (Wildman–Crippen LogP) is 3.19. The van der Waals surface area contributed by atoms with Gasteiger partial charge in [-0.25, -0.2) is 9.38 Å². The lowest BCUT2D eigenvalue weighted by molar-refractivity contribution is 0.410. The highest BCUT2D eigenvalue weighted by Gasteiger charge is 2.22. The summed E-state index contributed by atoms with van der Waals surface area (Å²) in [5.41, 5.74) is 1.86. The first-order chi connectivity index (χ1) is 7.97. The molecule has 0 saturated carbocycles. The Bertz CT molecular complexity index is 599. The van der Waals surface area contributed by atoms with Crippen LogP contribution in [0.1, 0.15) is 26.3 Å². The minimum atomic E-state index is -0.0412. The van der Waals surface area contributed by atoms with Crippen molar-refractivity contribution in [3.63, 3.8) is 0 Å². The maximum Gasteiger partial charge on any atom is 0.254 e. The molecule has 0 N–H and O–H groups in total. The molecule has 0 radical (unpaired) electrons. The first kappa shape index (κ1) is 11.5. The van der Waals surface area contributed by atoms with Crippen LogP contribution in [-0.4, -0.2) is 16.5 Å². The second kappa shape index (κ2) is 3.77. The summed E-state index contributed by atoms with van der Waals surface area (Å²) in [6.45, 7) is 13.5. The predicted molar refractivity (Wildman–Crippen MR) is 66.7 cm³/mol. The van der Waals surface area contributed by atoms with E-state index in [2.05, 4.69) is 30.6 Å². The molecule has 0 atom stereocenters. The Kier molecular flexibility index (Phi) is 2.55. The van der Waals surface area contributed by atoms with Crippen LogP contribution in [0.5, 0.6) is 5.75 Å². The third-order valence-electron chi connectivity index (χ3n) is 2.72. The van der Waals surface area contributed by atoms with Gasteiger partial charge in [0.15, 0.2) is 5.75 Å². The average molecular weight is 229 g/mol. The Morgan fingerprint density at radius 3 is 2.65 bits per heavy atom. The number of ether oxygens (including phenoxy) is 1. The fourth-order valence-corrected chi connectivity index (χ4v) is 1.80. The molecular weight excluding hydrogens is 214 g/mol. The molecule has 88 valence electrons. The van der Waals surface area contributed by atoms with Crippen LogP contribution in [0.4, 0.5) is 5.82 Å². The van der Waals surface area contributed by atoms with E-state index in [0.717, 1.165) is 17.0 Å². The molecule has 0 saturated heterocycles. The highest BCUT2D eigenvalue weighted by atomic mass is 16.5. The number of nitrogens with zero attached hydrogens (tertiary/aromatic N) is 3. The molecule has 0 aromatic carbocycles. The van der Waals surface area contributed by atoms with E-state index in [4.69, 9.17) is 11.3 Å². The van der Waals surface area contributed by atoms with Crippen molar-refractivity contribution in [2.45, 2.75) is 26.2 Å². The van der Waals surface area contributed by atoms with Crippen molar-refractivity contribution in [3.8, 4) is 5.75 Å². The Balaban J connectivity index is 2.84. The largest absolute Gasteiger partial charge is 0.493 e. The monoisotopic (exact) mass is 229 g/mol. The molecule has 0 unspecified atom stereocenters. The van der Waals surface area contributed by atoms with Crippen molar-refractivity contribution in [1.82, 2.24) is 9.38 Å². The number of pyridine rings is 1. The van der Waals surface area contributed by atoms with Gasteiger partial charge in [0.2, 0.25) is 5.65 Å². The van der Waals surface area contributed by atoms with Crippen LogP contribution in [0.3, 0.4) is 0 Å². The lowest BCUT2D eigenvalue weighted by Gasteiger charge is -2.19. The smallest absolute Gasteiger partial charge is 0.254 e. The molecule has 4 heteroatoms. The maximum absolute atomic E-state index is 7.12. The van der Waals surface area contributed by atoms with Gasteiger partial charge in [0.25, 0.3) is 5.82 Å². The summed E-state index contributed by atoms with van der Waals surface area (Å²) in [6.07, 6.45) is 3.39. The number of imidazole rings is 1. The lowest BCUT2D eigenvalue weighted by Crippen LogP contribution is -2.13. The van der Waals surface area contributed by atoms with Crippen LogP contribution in [0, 0.1) is 6.57 Å². The highest BCUT2D eigenvalue weighted by molar-refractivity contribution is 5.60. The molecule has 2 aromatic rings. The number of fused-ring (bicyclic) bond motifs is 1. The number of hydrogen-bond acceptors (Lipinski definition) is 2. The van der Waals surface area contributed by atoms with Gasteiger partial charge in [0.1, 0.15) is 6.20 Å². The highest BCUT2D eigenvalue weighted by Crippen LogP contribution is 2.31. The van der Waals surface area contributed by atoms with Gasteiger partial charge in [-0.15, -0.1) is 0 Å². The number of hydrogen-bond donors (Lipinski definition) is 0. The van der Waals surface area contributed by atoms with Gasteiger partial charge < -0.3 is 9.58 Å². The van der Waals surface area contributed by atoms with Crippen molar-refractivity contribution in [1.29, 1.82) is 0 Å². The zero-order valence-electron chi connectivity index (χ0n) is 10.5. The Morgan fingerprint density at radius 2 is 2.12 bits per heavy atom. The lowest BCUT2D eigenvalue weighted by atomic mass is 9.87. The van der Waals surface area contributed by atoms with Crippen LogP contribution in [0.25, 0.3) is 10.5 Å². The average Bonchev–Trinajstić information content (AvgIpc) is 2.68. The molecule has 0 fully saturated rings. The summed E-state index contributed by atoms with van der Waals surface area (Å²) in [5.74, 6) is 1.25. The van der Waals surface area contributed by atoms with Crippen molar-refractivity contribution >= 4 is 11.5 Å². The molecule has 0 aliphatic heterocycles. The molecule has 4 nitrogen and oxygen atoms in total. The Hall–Kier alpha value is -2.02. The molecule has 0 spiro atoms. The first-order valence-corrected chi connectivity index (χ1v) is 5.40. The number of aromatic nitrogens is 2. The SMILES string of the molecule is [C-]#[N+]c1cnc2c(C(C)(C)C)cc(OC)cn12. The van der Waals surface area contributed by atoms with Gasteiger partial charge in [0, 0.05) is 5.56 Å². The van der Waals surface area contributed by atoms with Crippen molar-refractivity contribution < 1.29 is 4.74 Å². The van der Waals surface area contributed by atoms with Crippen molar-refractivity contribution in [2.24, 2.45) is 0 Å². The Labute approximate surface area is 101 Å². The van der Waals surface area contributed by atoms with E-state index in [1.165, 1.54) is 0 Å². The number of methoxy groups -OCH3 is 1. The molecule has 17 heavy (non-hydrogen) atoms. The summed E-state index contributed by atoms with van der Waals surface area (Å²) in [4.78, 5) is 7.78. The van der Waals surface area contributed by atoms with Crippen LogP contribution >= 0.6 is 0 Å². The minimum Gasteiger partial charge on any atom is -0.493 e. The van der Waals surface area contributed by atoms with Gasteiger partial charge in [-0.2, -0.15) is 0 Å². The van der Waals surface area contributed by atoms with Crippen LogP contribution in [0.15, 0.2) is 18.5 Å². The zero-order chi connectivity index (χ0) is 12.6. The molecule has 2 aromatic heterocycles. The Morgan fingerprint density at radius 1 is 1.41 bits per heavy atom. The summed E-state index contributed by atoms with van der Waals surface area (Å²) in [5, 5.41) is 0. The summed E-state index contributed by atoms with van der Waals surface area (Å²) in [6, 6.07) is 1.98. The molecule has 0 bridgehead atoms. The normalized spacial score (nSPS) is 11.5. The van der Waals surface area contributed by atoms with Crippen LogP contribution < -0.4 is 4.74 Å². The van der Waals surface area contributed by atoms with Gasteiger partial charge in [-0.05, 0) is 11.5 Å². The quantitative estimate of drug-likeness (QED) is 0.703. The standard InChI is InChI=1S/C13H15N3O/c1-13(2,3)10-6-9(17-5)8-16-11(14-4)7-15-12(10)16/h6-8H,1-3,5H3. The van der Waals surface area contributed by atoms with E-state index in [-0.39, 0.29) is 5.41 Å². The third-order valence-corrected chi connectivity index (χ3v) is 2.72. The van der Waals surface area contributed by atoms with Crippen molar-refractivity contribution in [3.05, 3.63) is 35.4 Å². The second-order valence-electron chi connectivity index (χ2n) is 4.97. The van der Waals surface area contributed by atoms with Gasteiger partial charge in [0.05, 0.1) is 13.3 Å². The van der Waals surface area contributed by atoms with E-state index in [1.54, 1.807) is 23.9 Å². The van der Waals surface area contributed by atoms with E-state index in [0.29, 0.717) is 5.82 Å². The third kappa shape index (κ3) is 1.84. The number of rotatable bonds is 1. The van der Waals surface area contributed by atoms with E-state index < -0.39 is 0 Å². The van der Waals surface area contributed by atoms with E-state index >= 15 is 0 Å². The first-order valence-electron chi connectivity index (χ1n) is 5.40. The molecule has 2 rings (SSSR count). The van der Waals surface area contributed by atoms with Crippen LogP contribution in [-0.2, 0) is 5.41 Å². The topological polar surface area (TPSA) is 30.9 Å². The summed E-state index contributed by atoms with van der Waals surface area (Å²) >= 11 is 0. The van der Waals surface area contributed by atoms with Gasteiger partial charge in [-0.3, -0.25) is 0 Å². The van der Waals surface area contributed by atoms with Crippen LogP contribution in [0.2, 0.25) is 0 Å². The molecule has 0 aliphatic rings. The molecule has 0 amide bonds. The second-order valence-corrected chi connectivity index (χ2v) is 4.97. The summed E-state index contributed by atoms with van der Waals surface area (Å²) in [7, 11) is 1.63. The minimum absolute atomic E-state index is 0.0412. The van der Waals surface area contributed by atoms with E-state index in [1.807, 2.05) is 6.07 Å².